The SMILES string of the molecule is OC1CC(Cn2cc(C3CC3)nn2)OC(n2cc(Cc3ccc(C4CC4)cc3)c3c(Cl)cccc32)C1. The summed E-state index contributed by atoms with van der Waals surface area (Å²) in [4.78, 5) is 0. The first-order chi connectivity index (χ1) is 17.6. The summed E-state index contributed by atoms with van der Waals surface area (Å²) in [5.41, 5.74) is 6.02. The minimum Gasteiger partial charge on any atom is -0.393 e. The van der Waals surface area contributed by atoms with Crippen molar-refractivity contribution in [3.8, 4) is 0 Å². The van der Waals surface area contributed by atoms with Crippen LogP contribution in [0.5, 0.6) is 0 Å². The lowest BCUT2D eigenvalue weighted by Gasteiger charge is -2.34. The number of fused-ring (bicyclic) bond motifs is 1. The van der Waals surface area contributed by atoms with E-state index in [1.54, 1.807) is 0 Å². The van der Waals surface area contributed by atoms with Gasteiger partial charge in [-0.15, -0.1) is 5.10 Å². The van der Waals surface area contributed by atoms with Crippen molar-refractivity contribution in [2.45, 2.75) is 81.8 Å². The molecule has 3 unspecified atom stereocenters. The van der Waals surface area contributed by atoms with Gasteiger partial charge in [0.15, 0.2) is 0 Å². The van der Waals surface area contributed by atoms with Gasteiger partial charge in [-0.2, -0.15) is 0 Å². The molecule has 1 aliphatic heterocycles. The standard InChI is InChI=1S/C29H31ClN4O2/c30-25-2-1-3-27-29(25)22(12-18-4-6-19(7-5-18)20-8-9-20)15-34(27)28-14-23(35)13-24(36-28)16-33-17-26(31-32-33)21-10-11-21/h1-7,15,17,20-21,23-24,28,35H,8-14,16H2. The van der Waals surface area contributed by atoms with Crippen LogP contribution in [0.25, 0.3) is 10.9 Å². The molecule has 3 aliphatic rings. The van der Waals surface area contributed by atoms with Crippen LogP contribution in [-0.4, -0.2) is 36.9 Å². The molecule has 0 amide bonds. The number of benzene rings is 2. The van der Waals surface area contributed by atoms with E-state index < -0.39 is 6.10 Å². The third-order valence-corrected chi connectivity index (χ3v) is 8.24. The number of hydrogen-bond acceptors (Lipinski definition) is 4. The molecule has 0 spiro atoms. The van der Waals surface area contributed by atoms with Gasteiger partial charge in [0.1, 0.15) is 6.23 Å². The maximum atomic E-state index is 10.8. The number of halogens is 1. The van der Waals surface area contributed by atoms with E-state index >= 15 is 0 Å². The highest BCUT2D eigenvalue weighted by molar-refractivity contribution is 6.35. The fourth-order valence-corrected chi connectivity index (χ4v) is 6.00. The maximum absolute atomic E-state index is 10.8. The van der Waals surface area contributed by atoms with E-state index in [0.29, 0.717) is 25.3 Å². The summed E-state index contributed by atoms with van der Waals surface area (Å²) < 4.78 is 10.6. The zero-order valence-electron chi connectivity index (χ0n) is 20.3. The van der Waals surface area contributed by atoms with E-state index in [0.717, 1.165) is 34.0 Å². The second-order valence-corrected chi connectivity index (χ2v) is 11.3. The molecule has 2 aromatic heterocycles. The van der Waals surface area contributed by atoms with Gasteiger partial charge in [-0.25, -0.2) is 4.68 Å². The summed E-state index contributed by atoms with van der Waals surface area (Å²) in [6.45, 7) is 0.591. The molecule has 2 aromatic carbocycles. The van der Waals surface area contributed by atoms with Gasteiger partial charge in [-0.1, -0.05) is 47.1 Å². The van der Waals surface area contributed by atoms with Crippen molar-refractivity contribution >= 4 is 22.5 Å². The highest BCUT2D eigenvalue weighted by atomic mass is 35.5. The first-order valence-electron chi connectivity index (χ1n) is 13.2. The molecular formula is C29H31ClN4O2. The first kappa shape index (κ1) is 22.5. The van der Waals surface area contributed by atoms with Crippen molar-refractivity contribution in [2.24, 2.45) is 0 Å². The van der Waals surface area contributed by atoms with Crippen LogP contribution >= 0.6 is 11.6 Å². The van der Waals surface area contributed by atoms with Gasteiger partial charge in [-0.3, -0.25) is 0 Å². The second kappa shape index (κ2) is 9.02. The minimum absolute atomic E-state index is 0.137. The Labute approximate surface area is 215 Å². The van der Waals surface area contributed by atoms with Crippen molar-refractivity contribution in [3.05, 3.63) is 82.3 Å². The van der Waals surface area contributed by atoms with E-state index in [2.05, 4.69) is 51.4 Å². The van der Waals surface area contributed by atoms with E-state index in [1.165, 1.54) is 42.4 Å². The van der Waals surface area contributed by atoms with Crippen molar-refractivity contribution in [3.63, 3.8) is 0 Å². The van der Waals surface area contributed by atoms with Crippen molar-refractivity contribution in [1.29, 1.82) is 0 Å². The summed E-state index contributed by atoms with van der Waals surface area (Å²) in [7, 11) is 0. The van der Waals surface area contributed by atoms with Crippen LogP contribution in [-0.2, 0) is 17.7 Å². The predicted molar refractivity (Wildman–Crippen MR) is 139 cm³/mol. The zero-order valence-corrected chi connectivity index (χ0v) is 21.0. The van der Waals surface area contributed by atoms with E-state index in [1.807, 2.05) is 23.0 Å². The van der Waals surface area contributed by atoms with Crippen LogP contribution < -0.4 is 0 Å². The third kappa shape index (κ3) is 4.47. The Bertz CT molecular complexity index is 1390. The Balaban J connectivity index is 1.16. The number of hydrogen-bond donors (Lipinski definition) is 1. The van der Waals surface area contributed by atoms with Crippen molar-refractivity contribution in [2.75, 3.05) is 0 Å². The van der Waals surface area contributed by atoms with Crippen LogP contribution in [0.15, 0.2) is 54.9 Å². The Hall–Kier alpha value is -2.67. The number of nitrogens with zero attached hydrogens (tertiary/aromatic N) is 4. The van der Waals surface area contributed by atoms with Gasteiger partial charge in [0.25, 0.3) is 0 Å². The van der Waals surface area contributed by atoms with Gasteiger partial charge in [0, 0.05) is 36.5 Å². The van der Waals surface area contributed by atoms with E-state index in [4.69, 9.17) is 16.3 Å². The molecule has 2 saturated carbocycles. The van der Waals surface area contributed by atoms with Gasteiger partial charge in [0.2, 0.25) is 0 Å². The van der Waals surface area contributed by atoms with Crippen LogP contribution in [0.4, 0.5) is 0 Å². The van der Waals surface area contributed by atoms with Crippen molar-refractivity contribution in [1.82, 2.24) is 19.6 Å². The quantitative estimate of drug-likeness (QED) is 0.338. The summed E-state index contributed by atoms with van der Waals surface area (Å²) in [6, 6.07) is 15.1. The normalized spacial score (nSPS) is 24.4. The molecule has 1 N–H and O–H groups in total. The first-order valence-corrected chi connectivity index (χ1v) is 13.6. The highest BCUT2D eigenvalue weighted by Gasteiger charge is 2.32. The number of aliphatic hydroxyl groups is 1. The largest absolute Gasteiger partial charge is 0.393 e. The fraction of sp³-hybridized carbons (Fsp3) is 0.448. The van der Waals surface area contributed by atoms with Gasteiger partial charge < -0.3 is 14.4 Å². The van der Waals surface area contributed by atoms with Gasteiger partial charge in [-0.05, 0) is 66.8 Å². The molecule has 7 heteroatoms. The topological polar surface area (TPSA) is 65.1 Å². The Morgan fingerprint density at radius 3 is 2.56 bits per heavy atom. The van der Waals surface area contributed by atoms with Gasteiger partial charge >= 0.3 is 0 Å². The lowest BCUT2D eigenvalue weighted by molar-refractivity contribution is -0.132. The molecule has 3 fully saturated rings. The summed E-state index contributed by atoms with van der Waals surface area (Å²) >= 11 is 6.73. The minimum atomic E-state index is -0.435. The monoisotopic (exact) mass is 502 g/mol. The number of aromatic nitrogens is 4. The Kier molecular flexibility index (Phi) is 5.64. The molecule has 3 heterocycles. The number of ether oxygens (including phenoxy) is 1. The van der Waals surface area contributed by atoms with E-state index in [9.17, 15) is 5.11 Å². The maximum Gasteiger partial charge on any atom is 0.136 e. The average Bonchev–Trinajstić information content (AvgIpc) is 3.80. The van der Waals surface area contributed by atoms with Crippen LogP contribution in [0.1, 0.15) is 79.0 Å². The predicted octanol–water partition coefficient (Wildman–Crippen LogP) is 5.97. The second-order valence-electron chi connectivity index (χ2n) is 10.9. The van der Waals surface area contributed by atoms with Crippen LogP contribution in [0.2, 0.25) is 5.02 Å². The molecule has 0 radical (unpaired) electrons. The molecule has 3 atom stereocenters. The average molecular weight is 503 g/mol. The Morgan fingerprint density at radius 1 is 0.972 bits per heavy atom. The lowest BCUT2D eigenvalue weighted by Crippen LogP contribution is -2.36. The molecule has 36 heavy (non-hydrogen) atoms. The van der Waals surface area contributed by atoms with E-state index in [-0.39, 0.29) is 12.3 Å². The summed E-state index contributed by atoms with van der Waals surface area (Å²) in [5.74, 6) is 1.33. The number of rotatable bonds is 7. The molecule has 0 bridgehead atoms. The van der Waals surface area contributed by atoms with Crippen LogP contribution in [0.3, 0.4) is 0 Å². The summed E-state index contributed by atoms with van der Waals surface area (Å²) in [6.07, 6.45) is 10.4. The molecule has 186 valence electrons. The van der Waals surface area contributed by atoms with Crippen molar-refractivity contribution < 1.29 is 9.84 Å². The summed E-state index contributed by atoms with van der Waals surface area (Å²) in [5, 5.41) is 21.2. The third-order valence-electron chi connectivity index (χ3n) is 7.92. The fourth-order valence-electron chi connectivity index (χ4n) is 5.70. The smallest absolute Gasteiger partial charge is 0.136 e. The van der Waals surface area contributed by atoms with Gasteiger partial charge in [0.05, 0.1) is 35.0 Å². The molecule has 6 nitrogen and oxygen atoms in total. The lowest BCUT2D eigenvalue weighted by atomic mass is 10.0. The number of aliphatic hydroxyl groups excluding tert-OH is 1. The molecule has 4 aromatic rings. The van der Waals surface area contributed by atoms with Crippen LogP contribution in [0, 0.1) is 0 Å². The highest BCUT2D eigenvalue weighted by Crippen LogP contribution is 2.41. The molecule has 7 rings (SSSR count). The molecule has 2 aliphatic carbocycles. The Morgan fingerprint density at radius 2 is 1.78 bits per heavy atom. The molecule has 1 saturated heterocycles. The molecular weight excluding hydrogens is 472 g/mol. The zero-order chi connectivity index (χ0) is 24.2.